The number of piperidine rings is 1. The molecule has 3 aromatic heterocycles. The van der Waals surface area contributed by atoms with Crippen LogP contribution in [0.3, 0.4) is 0 Å². The van der Waals surface area contributed by atoms with Crippen molar-refractivity contribution in [2.75, 3.05) is 18.0 Å². The number of fused-ring (bicyclic) bond motifs is 1. The minimum absolute atomic E-state index is 0.00686. The maximum absolute atomic E-state index is 12.7. The van der Waals surface area contributed by atoms with Crippen molar-refractivity contribution in [3.05, 3.63) is 35.1 Å². The Morgan fingerprint density at radius 2 is 1.93 bits per heavy atom. The third-order valence-corrected chi connectivity index (χ3v) is 6.93. The fraction of sp³-hybridized carbons (Fsp3) is 0.500. The molecule has 4 fully saturated rings. The van der Waals surface area contributed by atoms with E-state index in [2.05, 4.69) is 40.3 Å². The molecule has 4 aliphatic rings. The van der Waals surface area contributed by atoms with Gasteiger partial charge in [-0.1, -0.05) is 0 Å². The molecule has 3 aliphatic carbocycles. The topological polar surface area (TPSA) is 113 Å². The summed E-state index contributed by atoms with van der Waals surface area (Å²) in [6, 6.07) is 1.75. The van der Waals surface area contributed by atoms with Crippen LogP contribution in [0.5, 0.6) is 0 Å². The predicted octanol–water partition coefficient (Wildman–Crippen LogP) is 2.46. The highest BCUT2D eigenvalue weighted by Crippen LogP contribution is 2.57. The molecule has 2 bridgehead atoms. The molecule has 0 radical (unpaired) electrons. The normalized spacial score (nSPS) is 25.6. The Balaban J connectivity index is 1.17. The first-order valence-corrected chi connectivity index (χ1v) is 10.7. The number of H-pyrrole nitrogens is 1. The quantitative estimate of drug-likeness (QED) is 0.618. The van der Waals surface area contributed by atoms with Gasteiger partial charge in [-0.15, -0.1) is 0 Å². The summed E-state index contributed by atoms with van der Waals surface area (Å²) in [5, 5.41) is 10.7. The van der Waals surface area contributed by atoms with E-state index in [0.29, 0.717) is 17.4 Å². The maximum Gasteiger partial charge on any atom is 0.270 e. The number of rotatable bonds is 4. The minimum atomic E-state index is -0.157. The largest absolute Gasteiger partial charge is 0.356 e. The molecule has 3 saturated carbocycles. The van der Waals surface area contributed by atoms with E-state index in [-0.39, 0.29) is 16.7 Å². The zero-order valence-electron chi connectivity index (χ0n) is 16.3. The summed E-state index contributed by atoms with van der Waals surface area (Å²) in [5.74, 6) is 1.64. The first kappa shape index (κ1) is 18.0. The second kappa shape index (κ2) is 6.60. The predicted molar refractivity (Wildman–Crippen MR) is 110 cm³/mol. The van der Waals surface area contributed by atoms with E-state index in [1.807, 2.05) is 0 Å². The Morgan fingerprint density at radius 1 is 1.17 bits per heavy atom. The number of hydrogen-bond donors (Lipinski definition) is 2. The Bertz CT molecular complexity index is 1120. The molecule has 0 unspecified atom stereocenters. The van der Waals surface area contributed by atoms with Crippen molar-refractivity contribution < 1.29 is 4.79 Å². The lowest BCUT2D eigenvalue weighted by Crippen LogP contribution is -2.68. The van der Waals surface area contributed by atoms with Crippen LogP contribution in [-0.2, 0) is 0 Å². The van der Waals surface area contributed by atoms with Gasteiger partial charge in [0.15, 0.2) is 5.65 Å². The van der Waals surface area contributed by atoms with Crippen molar-refractivity contribution >= 4 is 34.5 Å². The smallest absolute Gasteiger partial charge is 0.270 e. The first-order chi connectivity index (χ1) is 14.6. The van der Waals surface area contributed by atoms with Gasteiger partial charge in [0.25, 0.3) is 5.91 Å². The molecular formula is C20H21ClN8O. The highest BCUT2D eigenvalue weighted by Gasteiger charge is 2.57. The third kappa shape index (κ3) is 2.91. The van der Waals surface area contributed by atoms with Gasteiger partial charge in [-0.3, -0.25) is 9.89 Å². The van der Waals surface area contributed by atoms with E-state index in [1.54, 1.807) is 18.5 Å². The van der Waals surface area contributed by atoms with E-state index in [9.17, 15) is 4.79 Å². The van der Waals surface area contributed by atoms with Crippen LogP contribution in [0.25, 0.3) is 11.2 Å². The summed E-state index contributed by atoms with van der Waals surface area (Å²) in [6.07, 6.45) is 8.43. The van der Waals surface area contributed by atoms with Gasteiger partial charge in [0.1, 0.15) is 17.0 Å². The Kier molecular flexibility index (Phi) is 3.96. The molecule has 154 valence electrons. The SMILES string of the molecule is O=C(NC12CC(C1)C2)c1cc(N2CCC(c3n[nH]c4nccnc34)CC2)nc(Cl)n1. The lowest BCUT2D eigenvalue weighted by molar-refractivity contribution is -0.0439. The number of halogens is 1. The van der Waals surface area contributed by atoms with E-state index in [4.69, 9.17) is 11.6 Å². The van der Waals surface area contributed by atoms with Crippen LogP contribution < -0.4 is 10.2 Å². The fourth-order valence-corrected chi connectivity index (χ4v) is 5.24. The van der Waals surface area contributed by atoms with Crippen molar-refractivity contribution in [1.29, 1.82) is 0 Å². The van der Waals surface area contributed by atoms with Gasteiger partial charge in [0.05, 0.1) is 5.69 Å². The van der Waals surface area contributed by atoms with Gasteiger partial charge < -0.3 is 10.2 Å². The molecule has 9 nitrogen and oxygen atoms in total. The van der Waals surface area contributed by atoms with Gasteiger partial charge in [-0.2, -0.15) is 5.10 Å². The second-order valence-corrected chi connectivity index (χ2v) is 9.06. The number of nitrogens with one attached hydrogen (secondary N) is 2. The molecule has 7 rings (SSSR count). The Hall–Kier alpha value is -2.81. The molecule has 0 aromatic carbocycles. The summed E-state index contributed by atoms with van der Waals surface area (Å²) >= 11 is 6.16. The van der Waals surface area contributed by atoms with Crippen LogP contribution in [0.15, 0.2) is 18.5 Å². The van der Waals surface area contributed by atoms with Crippen molar-refractivity contribution in [2.24, 2.45) is 5.92 Å². The zero-order valence-corrected chi connectivity index (χ0v) is 17.1. The Labute approximate surface area is 177 Å². The summed E-state index contributed by atoms with van der Waals surface area (Å²) in [5.41, 5.74) is 2.88. The third-order valence-electron chi connectivity index (χ3n) is 6.76. The lowest BCUT2D eigenvalue weighted by Gasteiger charge is -2.61. The van der Waals surface area contributed by atoms with E-state index in [0.717, 1.165) is 68.0 Å². The van der Waals surface area contributed by atoms with Gasteiger partial charge >= 0.3 is 0 Å². The molecule has 0 atom stereocenters. The number of aromatic amines is 1. The van der Waals surface area contributed by atoms with Gasteiger partial charge in [-0.25, -0.2) is 19.9 Å². The van der Waals surface area contributed by atoms with Crippen molar-refractivity contribution in [2.45, 2.75) is 43.6 Å². The number of hydrogen-bond acceptors (Lipinski definition) is 7. The number of anilines is 1. The number of amides is 1. The molecule has 3 aromatic rings. The first-order valence-electron chi connectivity index (χ1n) is 10.4. The summed E-state index contributed by atoms with van der Waals surface area (Å²) in [7, 11) is 0. The maximum atomic E-state index is 12.7. The van der Waals surface area contributed by atoms with Gasteiger partial charge in [0, 0.05) is 43.0 Å². The highest BCUT2D eigenvalue weighted by molar-refractivity contribution is 6.28. The van der Waals surface area contributed by atoms with Crippen LogP contribution >= 0.6 is 11.6 Å². The van der Waals surface area contributed by atoms with Crippen molar-refractivity contribution in [1.82, 2.24) is 35.5 Å². The number of nitrogens with zero attached hydrogens (tertiary/aromatic N) is 6. The minimum Gasteiger partial charge on any atom is -0.356 e. The lowest BCUT2D eigenvalue weighted by atomic mass is 9.50. The highest BCUT2D eigenvalue weighted by atomic mass is 35.5. The van der Waals surface area contributed by atoms with Crippen molar-refractivity contribution in [3.63, 3.8) is 0 Å². The van der Waals surface area contributed by atoms with Gasteiger partial charge in [-0.05, 0) is 49.6 Å². The van der Waals surface area contributed by atoms with E-state index < -0.39 is 0 Å². The zero-order chi connectivity index (χ0) is 20.3. The Morgan fingerprint density at radius 3 is 2.67 bits per heavy atom. The second-order valence-electron chi connectivity index (χ2n) is 8.72. The molecule has 30 heavy (non-hydrogen) atoms. The van der Waals surface area contributed by atoms with Crippen LogP contribution in [0.1, 0.15) is 54.2 Å². The van der Waals surface area contributed by atoms with Crippen molar-refractivity contribution in [3.8, 4) is 0 Å². The molecule has 4 heterocycles. The van der Waals surface area contributed by atoms with E-state index >= 15 is 0 Å². The van der Waals surface area contributed by atoms with E-state index in [1.165, 1.54) is 0 Å². The van der Waals surface area contributed by atoms with Crippen LogP contribution in [0.2, 0.25) is 5.28 Å². The average molecular weight is 425 g/mol. The average Bonchev–Trinajstić information content (AvgIpc) is 3.13. The monoisotopic (exact) mass is 424 g/mol. The van der Waals surface area contributed by atoms with Crippen LogP contribution in [-0.4, -0.2) is 54.7 Å². The molecule has 1 saturated heterocycles. The fourth-order valence-electron chi connectivity index (χ4n) is 5.06. The van der Waals surface area contributed by atoms with Crippen LogP contribution in [0.4, 0.5) is 5.82 Å². The molecule has 2 N–H and O–H groups in total. The van der Waals surface area contributed by atoms with Gasteiger partial charge in [0.2, 0.25) is 5.28 Å². The summed E-state index contributed by atoms with van der Waals surface area (Å²) in [6.45, 7) is 1.58. The van der Waals surface area contributed by atoms with Crippen LogP contribution in [0, 0.1) is 5.92 Å². The number of carbonyl (C=O) groups excluding carboxylic acids is 1. The summed E-state index contributed by atoms with van der Waals surface area (Å²) < 4.78 is 0. The summed E-state index contributed by atoms with van der Waals surface area (Å²) in [4.78, 5) is 32.1. The number of carbonyl (C=O) groups is 1. The molecule has 10 heteroatoms. The molecular weight excluding hydrogens is 404 g/mol. The molecule has 0 spiro atoms. The standard InChI is InChI=1S/C20H21ClN8O/c21-19-24-13(18(30)26-20-8-11(9-20)10-20)7-14(25-19)29-5-1-12(2-6-29)15-16-17(28-27-15)23-4-3-22-16/h3-4,7,11-12H,1-2,5-6,8-10H2,(H,26,30)(H,23,27,28). The number of aromatic nitrogens is 6. The molecule has 1 aliphatic heterocycles. The molecule has 1 amide bonds.